The number of nitrogens with one attached hydrogen (secondary N) is 2. The van der Waals surface area contributed by atoms with Gasteiger partial charge in [0.15, 0.2) is 0 Å². The van der Waals surface area contributed by atoms with Crippen LogP contribution in [0.15, 0.2) is 23.1 Å². The first-order valence-corrected chi connectivity index (χ1v) is 8.74. The van der Waals surface area contributed by atoms with E-state index in [1.54, 1.807) is 6.20 Å². The van der Waals surface area contributed by atoms with Crippen LogP contribution in [-0.2, 0) is 16.1 Å². The Kier molecular flexibility index (Phi) is 6.17. The lowest BCUT2D eigenvalue weighted by molar-refractivity contribution is -0.137. The van der Waals surface area contributed by atoms with E-state index < -0.39 is 11.8 Å². The number of carbonyl (C=O) groups excluding carboxylic acids is 2. The Labute approximate surface area is 142 Å². The van der Waals surface area contributed by atoms with E-state index in [0.29, 0.717) is 24.1 Å². The number of hydrogen-bond donors (Lipinski definition) is 2. The van der Waals surface area contributed by atoms with Gasteiger partial charge in [0.2, 0.25) is 0 Å². The lowest BCUT2D eigenvalue weighted by Gasteiger charge is -2.34. The topological polar surface area (TPSA) is 80.2 Å². The van der Waals surface area contributed by atoms with Gasteiger partial charge in [-0.05, 0) is 37.7 Å². The molecule has 2 N–H and O–H groups in total. The van der Waals surface area contributed by atoms with Crippen molar-refractivity contribution in [2.45, 2.75) is 59.0 Å². The molecule has 1 aromatic rings. The number of aryl methyl sites for hydroxylation is 1. The van der Waals surface area contributed by atoms with Crippen LogP contribution in [0.2, 0.25) is 0 Å². The molecule has 2 amide bonds. The molecule has 0 bridgehead atoms. The maximum atomic E-state index is 12.2. The van der Waals surface area contributed by atoms with E-state index in [-0.39, 0.29) is 11.6 Å². The molecular weight excluding hydrogens is 306 g/mol. The molecule has 0 aromatic carbocycles. The Balaban J connectivity index is 1.99. The van der Waals surface area contributed by atoms with Gasteiger partial charge in [0.1, 0.15) is 0 Å². The largest absolute Gasteiger partial charge is 0.345 e. The molecule has 1 aliphatic carbocycles. The Hall–Kier alpha value is -2.11. The van der Waals surface area contributed by atoms with Gasteiger partial charge in [-0.2, -0.15) is 0 Å². The minimum atomic E-state index is -0.690. The van der Waals surface area contributed by atoms with Gasteiger partial charge in [-0.3, -0.25) is 14.4 Å². The summed E-state index contributed by atoms with van der Waals surface area (Å²) in [5.74, 6) is -0.407. The first kappa shape index (κ1) is 18.2. The number of nitrogens with zero attached hydrogens (tertiary/aromatic N) is 1. The molecule has 1 heterocycles. The number of aromatic nitrogens is 1. The molecule has 1 aliphatic rings. The quantitative estimate of drug-likeness (QED) is 0.829. The highest BCUT2D eigenvalue weighted by Gasteiger charge is 2.30. The van der Waals surface area contributed by atoms with Crippen molar-refractivity contribution in [3.8, 4) is 0 Å². The van der Waals surface area contributed by atoms with Crippen LogP contribution in [0.5, 0.6) is 0 Å². The van der Waals surface area contributed by atoms with Crippen LogP contribution in [-0.4, -0.2) is 22.4 Å². The second-order valence-electron chi connectivity index (χ2n) is 6.77. The van der Waals surface area contributed by atoms with Gasteiger partial charge in [-0.1, -0.05) is 26.7 Å². The van der Waals surface area contributed by atoms with Crippen molar-refractivity contribution >= 4 is 17.5 Å². The molecule has 1 saturated carbocycles. The van der Waals surface area contributed by atoms with E-state index >= 15 is 0 Å². The number of hydrogen-bond acceptors (Lipinski definition) is 3. The van der Waals surface area contributed by atoms with Crippen molar-refractivity contribution < 1.29 is 9.59 Å². The van der Waals surface area contributed by atoms with E-state index in [9.17, 15) is 14.4 Å². The lowest BCUT2D eigenvalue weighted by Crippen LogP contribution is -2.47. The fourth-order valence-electron chi connectivity index (χ4n) is 3.41. The predicted octanol–water partition coefficient (Wildman–Crippen LogP) is 2.14. The van der Waals surface area contributed by atoms with Crippen LogP contribution in [0.25, 0.3) is 0 Å². The highest BCUT2D eigenvalue weighted by molar-refractivity contribution is 6.39. The van der Waals surface area contributed by atoms with Crippen molar-refractivity contribution in [1.82, 2.24) is 9.88 Å². The highest BCUT2D eigenvalue weighted by Crippen LogP contribution is 2.30. The average Bonchev–Trinajstić information content (AvgIpc) is 2.56. The van der Waals surface area contributed by atoms with Crippen LogP contribution < -0.4 is 16.2 Å². The molecule has 0 aliphatic heterocycles. The lowest BCUT2D eigenvalue weighted by atomic mass is 9.78. The molecule has 1 aromatic heterocycles. The fourth-order valence-corrected chi connectivity index (χ4v) is 3.41. The SMILES string of the molecule is CCn1cc(NC(=O)C(=O)N[C@@H]2CCCC[C@@H]2C(C)C)ccc1=O. The van der Waals surface area contributed by atoms with Gasteiger partial charge in [0, 0.05) is 24.8 Å². The predicted molar refractivity (Wildman–Crippen MR) is 93.7 cm³/mol. The minimum Gasteiger partial charge on any atom is -0.345 e. The van der Waals surface area contributed by atoms with E-state index in [1.807, 2.05) is 6.92 Å². The summed E-state index contributed by atoms with van der Waals surface area (Å²) in [4.78, 5) is 35.9. The minimum absolute atomic E-state index is 0.0570. The number of rotatable bonds is 4. The molecule has 0 radical (unpaired) electrons. The zero-order valence-electron chi connectivity index (χ0n) is 14.7. The molecule has 6 heteroatoms. The van der Waals surface area contributed by atoms with Crippen molar-refractivity contribution in [3.05, 3.63) is 28.7 Å². The molecular formula is C18H27N3O3. The summed E-state index contributed by atoms with van der Waals surface area (Å²) in [7, 11) is 0. The van der Waals surface area contributed by atoms with Crippen molar-refractivity contribution in [3.63, 3.8) is 0 Å². The highest BCUT2D eigenvalue weighted by atomic mass is 16.2. The number of amides is 2. The summed E-state index contributed by atoms with van der Waals surface area (Å²) in [5.41, 5.74) is 0.308. The first-order valence-electron chi connectivity index (χ1n) is 8.74. The third kappa shape index (κ3) is 4.46. The summed E-state index contributed by atoms with van der Waals surface area (Å²) in [6.07, 6.45) is 5.82. The summed E-state index contributed by atoms with van der Waals surface area (Å²) >= 11 is 0. The third-order valence-corrected chi connectivity index (χ3v) is 4.78. The molecule has 2 atom stereocenters. The van der Waals surface area contributed by atoms with Gasteiger partial charge in [0.25, 0.3) is 5.56 Å². The second kappa shape index (κ2) is 8.13. The van der Waals surface area contributed by atoms with E-state index in [0.717, 1.165) is 19.3 Å². The van der Waals surface area contributed by atoms with Crippen LogP contribution in [0.4, 0.5) is 5.69 Å². The molecule has 0 spiro atoms. The van der Waals surface area contributed by atoms with Crippen molar-refractivity contribution in [2.24, 2.45) is 11.8 Å². The summed E-state index contributed by atoms with van der Waals surface area (Å²) in [6.45, 7) is 6.66. The molecule has 6 nitrogen and oxygen atoms in total. The van der Waals surface area contributed by atoms with Crippen molar-refractivity contribution in [2.75, 3.05) is 5.32 Å². The third-order valence-electron chi connectivity index (χ3n) is 4.78. The van der Waals surface area contributed by atoms with Crippen molar-refractivity contribution in [1.29, 1.82) is 0 Å². The maximum absolute atomic E-state index is 12.2. The van der Waals surface area contributed by atoms with Gasteiger partial charge >= 0.3 is 11.8 Å². The Bertz CT molecular complexity index is 651. The maximum Gasteiger partial charge on any atom is 0.313 e. The zero-order chi connectivity index (χ0) is 17.7. The van der Waals surface area contributed by atoms with E-state index in [4.69, 9.17) is 0 Å². The zero-order valence-corrected chi connectivity index (χ0v) is 14.7. The summed E-state index contributed by atoms with van der Waals surface area (Å²) in [5, 5.41) is 5.46. The van der Waals surface area contributed by atoms with E-state index in [1.165, 1.54) is 23.1 Å². The summed E-state index contributed by atoms with van der Waals surface area (Å²) in [6, 6.07) is 2.95. The number of carbonyl (C=O) groups is 2. The van der Waals surface area contributed by atoms with Crippen LogP contribution in [0, 0.1) is 11.8 Å². The van der Waals surface area contributed by atoms with Crippen LogP contribution >= 0.6 is 0 Å². The summed E-state index contributed by atoms with van der Waals surface area (Å²) < 4.78 is 1.48. The number of pyridine rings is 1. The Morgan fingerprint density at radius 3 is 2.58 bits per heavy atom. The normalized spacial score (nSPS) is 20.7. The average molecular weight is 333 g/mol. The van der Waals surface area contributed by atoms with Gasteiger partial charge in [-0.25, -0.2) is 0 Å². The monoisotopic (exact) mass is 333 g/mol. The van der Waals surface area contributed by atoms with E-state index in [2.05, 4.69) is 24.5 Å². The molecule has 132 valence electrons. The van der Waals surface area contributed by atoms with Crippen LogP contribution in [0.3, 0.4) is 0 Å². The molecule has 0 saturated heterocycles. The first-order chi connectivity index (χ1) is 11.4. The molecule has 0 unspecified atom stereocenters. The molecule has 2 rings (SSSR count). The fraction of sp³-hybridized carbons (Fsp3) is 0.611. The molecule has 24 heavy (non-hydrogen) atoms. The standard InChI is InChI=1S/C18H27N3O3/c1-4-21-11-13(9-10-16(21)22)19-17(23)18(24)20-15-8-6-5-7-14(15)12(2)3/h9-12,14-15H,4-8H2,1-3H3,(H,19,23)(H,20,24)/t14-,15-/m1/s1. The van der Waals surface area contributed by atoms with Gasteiger partial charge < -0.3 is 15.2 Å². The smallest absolute Gasteiger partial charge is 0.313 e. The van der Waals surface area contributed by atoms with Gasteiger partial charge in [-0.15, -0.1) is 0 Å². The Morgan fingerprint density at radius 2 is 1.92 bits per heavy atom. The van der Waals surface area contributed by atoms with Crippen LogP contribution in [0.1, 0.15) is 46.5 Å². The molecule has 1 fully saturated rings. The number of anilines is 1. The second-order valence-corrected chi connectivity index (χ2v) is 6.77. The van der Waals surface area contributed by atoms with Gasteiger partial charge in [0.05, 0.1) is 5.69 Å². The Morgan fingerprint density at radius 1 is 1.21 bits per heavy atom.